The second kappa shape index (κ2) is 7.43. The van der Waals surface area contributed by atoms with Crippen LogP contribution >= 0.6 is 0 Å². The van der Waals surface area contributed by atoms with Gasteiger partial charge in [-0.3, -0.25) is 0 Å². The normalized spacial score (nSPS) is 15.9. The van der Waals surface area contributed by atoms with E-state index in [4.69, 9.17) is 5.11 Å². The molecule has 0 heterocycles. The Labute approximate surface area is 90.6 Å². The number of carbonyl (C=O) groups is 1. The van der Waals surface area contributed by atoms with Crippen LogP contribution in [0.15, 0.2) is 11.6 Å². The van der Waals surface area contributed by atoms with Gasteiger partial charge in [0.15, 0.2) is 0 Å². The van der Waals surface area contributed by atoms with Gasteiger partial charge < -0.3 is 14.9 Å². The molecule has 88 valence electrons. The molecule has 0 aromatic heterocycles. The lowest BCUT2D eigenvalue weighted by atomic mass is 10.1. The maximum atomic E-state index is 11.0. The molecule has 4 nitrogen and oxygen atoms in total. The lowest BCUT2D eigenvalue weighted by molar-refractivity contribution is -0.136. The van der Waals surface area contributed by atoms with Crippen molar-refractivity contribution >= 4 is 5.97 Å². The minimum Gasteiger partial charge on any atom is -0.466 e. The number of carbonyl (C=O) groups excluding carboxylic acids is 1. The molecule has 0 aliphatic rings. The smallest absolute Gasteiger partial charge is 0.333 e. The van der Waals surface area contributed by atoms with Gasteiger partial charge in [0, 0.05) is 5.57 Å². The summed E-state index contributed by atoms with van der Waals surface area (Å²) in [5.74, 6) is -0.426. The average Bonchev–Trinajstić information content (AvgIpc) is 2.15. The third kappa shape index (κ3) is 7.11. The molecule has 15 heavy (non-hydrogen) atoms. The zero-order chi connectivity index (χ0) is 11.8. The first-order chi connectivity index (χ1) is 6.97. The van der Waals surface area contributed by atoms with E-state index in [0.717, 1.165) is 6.42 Å². The number of ether oxygens (including phenoxy) is 1. The lowest BCUT2D eigenvalue weighted by Crippen LogP contribution is -2.09. The summed E-state index contributed by atoms with van der Waals surface area (Å²) >= 11 is 0. The van der Waals surface area contributed by atoms with Gasteiger partial charge in [-0.05, 0) is 39.2 Å². The monoisotopic (exact) mass is 216 g/mol. The van der Waals surface area contributed by atoms with Crippen molar-refractivity contribution in [2.75, 3.05) is 7.11 Å². The first kappa shape index (κ1) is 14.1. The number of aliphatic hydroxyl groups is 2. The van der Waals surface area contributed by atoms with Crippen LogP contribution in [0.4, 0.5) is 0 Å². The molecule has 2 unspecified atom stereocenters. The highest BCUT2D eigenvalue weighted by Gasteiger charge is 2.07. The van der Waals surface area contributed by atoms with E-state index in [1.807, 2.05) is 0 Å². The molecular formula is C11H20O4. The van der Waals surface area contributed by atoms with Crippen LogP contribution in [0, 0.1) is 0 Å². The van der Waals surface area contributed by atoms with E-state index in [0.29, 0.717) is 18.4 Å². The maximum absolute atomic E-state index is 11.0. The summed E-state index contributed by atoms with van der Waals surface area (Å²) in [7, 11) is 1.31. The van der Waals surface area contributed by atoms with Crippen molar-refractivity contribution < 1.29 is 19.7 Å². The molecule has 0 bridgehead atoms. The molecule has 0 saturated carbocycles. The van der Waals surface area contributed by atoms with Crippen molar-refractivity contribution in [1.29, 1.82) is 0 Å². The molecular weight excluding hydrogens is 196 g/mol. The molecule has 0 saturated heterocycles. The summed E-state index contributed by atoms with van der Waals surface area (Å²) in [5.41, 5.74) is 0.405. The van der Waals surface area contributed by atoms with Crippen molar-refractivity contribution in [3.63, 3.8) is 0 Å². The first-order valence-electron chi connectivity index (χ1n) is 5.10. The quantitative estimate of drug-likeness (QED) is 0.514. The zero-order valence-corrected chi connectivity index (χ0v) is 9.56. The Hall–Kier alpha value is -0.870. The van der Waals surface area contributed by atoms with Crippen molar-refractivity contribution in [2.45, 2.75) is 45.3 Å². The predicted molar refractivity (Wildman–Crippen MR) is 57.3 cm³/mol. The number of methoxy groups -OCH3 is 1. The molecule has 0 aromatic rings. The summed E-state index contributed by atoms with van der Waals surface area (Å²) in [6.45, 7) is 3.31. The van der Waals surface area contributed by atoms with Gasteiger partial charge in [-0.15, -0.1) is 0 Å². The summed E-state index contributed by atoms with van der Waals surface area (Å²) < 4.78 is 4.50. The molecule has 0 spiro atoms. The van der Waals surface area contributed by atoms with Crippen LogP contribution in [-0.4, -0.2) is 35.5 Å². The minimum atomic E-state index is -0.650. The highest BCUT2D eigenvalue weighted by Crippen LogP contribution is 2.07. The van der Waals surface area contributed by atoms with Gasteiger partial charge in [0.1, 0.15) is 0 Å². The summed E-state index contributed by atoms with van der Waals surface area (Å²) in [4.78, 5) is 11.0. The van der Waals surface area contributed by atoms with Gasteiger partial charge >= 0.3 is 5.97 Å². The van der Waals surface area contributed by atoms with E-state index in [9.17, 15) is 9.90 Å². The van der Waals surface area contributed by atoms with Crippen molar-refractivity contribution in [1.82, 2.24) is 0 Å². The SMILES string of the molecule is COC(=O)C(C)=CC(O)CCCC(C)O. The second-order valence-corrected chi connectivity index (χ2v) is 3.69. The Morgan fingerprint density at radius 1 is 1.40 bits per heavy atom. The Morgan fingerprint density at radius 3 is 2.47 bits per heavy atom. The maximum Gasteiger partial charge on any atom is 0.333 e. The Bertz CT molecular complexity index is 221. The molecule has 4 heteroatoms. The zero-order valence-electron chi connectivity index (χ0n) is 9.56. The average molecular weight is 216 g/mol. The first-order valence-corrected chi connectivity index (χ1v) is 5.10. The Morgan fingerprint density at radius 2 is 2.00 bits per heavy atom. The summed E-state index contributed by atoms with van der Waals surface area (Å²) in [6.07, 6.45) is 2.41. The highest BCUT2D eigenvalue weighted by atomic mass is 16.5. The van der Waals surface area contributed by atoms with Gasteiger partial charge in [-0.1, -0.05) is 0 Å². The molecule has 0 aliphatic carbocycles. The lowest BCUT2D eigenvalue weighted by Gasteiger charge is -2.08. The van der Waals surface area contributed by atoms with Crippen LogP contribution in [0.1, 0.15) is 33.1 Å². The van der Waals surface area contributed by atoms with Gasteiger partial charge in [0.2, 0.25) is 0 Å². The van der Waals surface area contributed by atoms with Crippen molar-refractivity contribution in [3.05, 3.63) is 11.6 Å². The largest absolute Gasteiger partial charge is 0.466 e. The molecule has 0 aliphatic heterocycles. The van der Waals surface area contributed by atoms with E-state index < -0.39 is 12.1 Å². The fourth-order valence-electron chi connectivity index (χ4n) is 1.22. The molecule has 0 fully saturated rings. The van der Waals surface area contributed by atoms with E-state index in [-0.39, 0.29) is 6.10 Å². The van der Waals surface area contributed by atoms with Crippen LogP contribution in [-0.2, 0) is 9.53 Å². The van der Waals surface area contributed by atoms with Gasteiger partial charge in [0.25, 0.3) is 0 Å². The third-order valence-corrected chi connectivity index (χ3v) is 2.07. The van der Waals surface area contributed by atoms with Crippen LogP contribution in [0.25, 0.3) is 0 Å². The number of hydrogen-bond acceptors (Lipinski definition) is 4. The van der Waals surface area contributed by atoms with Crippen molar-refractivity contribution in [2.24, 2.45) is 0 Å². The number of rotatable bonds is 6. The Balaban J connectivity index is 3.90. The molecule has 2 atom stereocenters. The molecule has 0 aromatic carbocycles. The Kier molecular flexibility index (Phi) is 6.99. The third-order valence-electron chi connectivity index (χ3n) is 2.07. The molecule has 0 rings (SSSR count). The summed E-state index contributed by atoms with van der Waals surface area (Å²) in [6, 6.07) is 0. The van der Waals surface area contributed by atoms with E-state index >= 15 is 0 Å². The van der Waals surface area contributed by atoms with Crippen molar-refractivity contribution in [3.8, 4) is 0 Å². The van der Waals surface area contributed by atoms with Crippen LogP contribution in [0.3, 0.4) is 0 Å². The van der Waals surface area contributed by atoms with E-state index in [1.165, 1.54) is 13.2 Å². The van der Waals surface area contributed by atoms with Gasteiger partial charge in [-0.2, -0.15) is 0 Å². The predicted octanol–water partition coefficient (Wildman–Crippen LogP) is 1.02. The summed E-state index contributed by atoms with van der Waals surface area (Å²) in [5, 5.41) is 18.5. The topological polar surface area (TPSA) is 66.8 Å². The van der Waals surface area contributed by atoms with Gasteiger partial charge in [-0.25, -0.2) is 4.79 Å². The number of aliphatic hydroxyl groups excluding tert-OH is 2. The van der Waals surface area contributed by atoms with Crippen LogP contribution in [0.2, 0.25) is 0 Å². The number of esters is 1. The van der Waals surface area contributed by atoms with Crippen LogP contribution < -0.4 is 0 Å². The molecule has 0 radical (unpaired) electrons. The highest BCUT2D eigenvalue weighted by molar-refractivity contribution is 5.87. The van der Waals surface area contributed by atoms with E-state index in [2.05, 4.69) is 4.74 Å². The fourth-order valence-corrected chi connectivity index (χ4v) is 1.22. The second-order valence-electron chi connectivity index (χ2n) is 3.69. The standard InChI is InChI=1S/C11H20O4/c1-8(11(14)15-3)7-10(13)6-4-5-9(2)12/h7,9-10,12-13H,4-6H2,1-3H3. The van der Waals surface area contributed by atoms with E-state index in [1.54, 1.807) is 13.8 Å². The molecule has 0 amide bonds. The fraction of sp³-hybridized carbons (Fsp3) is 0.727. The van der Waals surface area contributed by atoms with Crippen LogP contribution in [0.5, 0.6) is 0 Å². The minimum absolute atomic E-state index is 0.345. The number of hydrogen-bond donors (Lipinski definition) is 2. The van der Waals surface area contributed by atoms with Gasteiger partial charge in [0.05, 0.1) is 19.3 Å². The molecule has 2 N–H and O–H groups in total.